The second kappa shape index (κ2) is 15.8. The Morgan fingerprint density at radius 3 is 1.71 bits per heavy atom. The van der Waals surface area contributed by atoms with Crippen molar-refractivity contribution < 1.29 is 37.5 Å². The van der Waals surface area contributed by atoms with Gasteiger partial charge in [0.05, 0.1) is 16.7 Å². The van der Waals surface area contributed by atoms with E-state index in [-0.39, 0.29) is 16.1 Å². The molecular weight excluding hydrogens is 844 g/mol. The number of halogens is 3. The lowest BCUT2D eigenvalue weighted by atomic mass is 9.87. The number of fused-ring (bicyclic) bond motifs is 8. The van der Waals surface area contributed by atoms with Crippen LogP contribution in [0.5, 0.6) is 0 Å². The van der Waals surface area contributed by atoms with Crippen LogP contribution >= 0.6 is 46.2 Å². The number of hydrogen-bond acceptors (Lipinski definition) is 14. The van der Waals surface area contributed by atoms with Crippen molar-refractivity contribution in [1.82, 2.24) is 25.3 Å². The SMILES string of the molecule is O=C1Cc2ccc(Nc3ncnc4sc5c(c34)CCC(C(=O)NCC(F)(F)F)C5)cc2S1.O=C1Cc2ccc(Nc3ncnc4sc5c(c34)CCC(C(=O)O)C5)cc2S1. The lowest BCUT2D eigenvalue weighted by Gasteiger charge is -2.22. The van der Waals surface area contributed by atoms with E-state index in [1.54, 1.807) is 11.3 Å². The van der Waals surface area contributed by atoms with E-state index >= 15 is 0 Å². The number of carbonyl (C=O) groups excluding carboxylic acids is 3. The Hall–Kier alpha value is -5.11. The number of thiophene rings is 2. The maximum atomic E-state index is 12.4. The molecule has 4 aliphatic rings. The van der Waals surface area contributed by atoms with Crippen LogP contribution in [0.3, 0.4) is 0 Å². The molecule has 4 aromatic heterocycles. The van der Waals surface area contributed by atoms with E-state index in [1.807, 2.05) is 41.7 Å². The number of thioether (sulfide) groups is 2. The number of aliphatic carboxylic acids is 1. The summed E-state index contributed by atoms with van der Waals surface area (Å²) in [7, 11) is 0. The van der Waals surface area contributed by atoms with Gasteiger partial charge in [-0.1, -0.05) is 35.7 Å². The number of nitrogens with zero attached hydrogens (tertiary/aromatic N) is 4. The predicted octanol–water partition coefficient (Wildman–Crippen LogP) is 8.19. The lowest BCUT2D eigenvalue weighted by Crippen LogP contribution is -2.39. The summed E-state index contributed by atoms with van der Waals surface area (Å²) < 4.78 is 37.3. The second-order valence-corrected chi connectivity index (χ2v) is 18.9. The third-order valence-electron chi connectivity index (χ3n) is 10.7. The Kier molecular flexibility index (Phi) is 10.6. The van der Waals surface area contributed by atoms with Gasteiger partial charge in [0.2, 0.25) is 5.91 Å². The third-order valence-corrected chi connectivity index (χ3v) is 14.9. The molecule has 4 N–H and O–H groups in total. The minimum Gasteiger partial charge on any atom is -0.481 e. The molecule has 2 unspecified atom stereocenters. The van der Waals surface area contributed by atoms with Gasteiger partial charge in [-0.3, -0.25) is 19.2 Å². The molecule has 0 saturated carbocycles. The van der Waals surface area contributed by atoms with Crippen LogP contribution in [-0.2, 0) is 57.7 Å². The molecule has 10 rings (SSSR count). The summed E-state index contributed by atoms with van der Waals surface area (Å²) in [6.45, 7) is -1.31. The standard InChI is InChI=1S/C21H17F3N4O2S2.C19H15N3O3S2/c22-21(23,24)8-25-19(30)11-2-4-13-15(5-11)32-20-17(13)18(26-9-27-20)28-12-3-1-10-6-16(29)31-14(10)7-12;23-15-6-9-1-3-11(7-13(9)26-15)22-17-16-12-4-2-10(19(24)25)5-14(12)27-18(16)21-8-20-17/h1,3,7,9,11H,2,4-6,8H2,(H,25,30)(H,26,27,28);1,3,7-8,10H,2,4-6H2,(H,24,25)(H,20,21,22). The van der Waals surface area contributed by atoms with Crippen LogP contribution in [-0.4, -0.2) is 59.9 Å². The number of anilines is 4. The van der Waals surface area contributed by atoms with Crippen molar-refractivity contribution in [2.75, 3.05) is 17.2 Å². The highest BCUT2D eigenvalue weighted by Gasteiger charge is 2.33. The summed E-state index contributed by atoms with van der Waals surface area (Å²) in [5, 5.41) is 20.2. The molecule has 2 aliphatic carbocycles. The van der Waals surface area contributed by atoms with Crippen LogP contribution < -0.4 is 16.0 Å². The molecule has 0 saturated heterocycles. The van der Waals surface area contributed by atoms with E-state index in [0.717, 1.165) is 80.3 Å². The number of rotatable bonds is 7. The van der Waals surface area contributed by atoms with Gasteiger partial charge < -0.3 is 21.1 Å². The van der Waals surface area contributed by atoms with E-state index in [1.165, 1.54) is 53.1 Å². The molecular formula is C40H32F3N7O5S4. The molecule has 1 amide bonds. The van der Waals surface area contributed by atoms with E-state index in [0.29, 0.717) is 50.8 Å². The van der Waals surface area contributed by atoms with Gasteiger partial charge >= 0.3 is 12.1 Å². The summed E-state index contributed by atoms with van der Waals surface area (Å²) in [6.07, 6.45) is 2.84. The number of alkyl halides is 3. The van der Waals surface area contributed by atoms with Crippen LogP contribution in [0.25, 0.3) is 20.4 Å². The van der Waals surface area contributed by atoms with Crippen molar-refractivity contribution in [3.05, 3.63) is 81.1 Å². The first-order valence-electron chi connectivity index (χ1n) is 18.6. The number of nitrogens with one attached hydrogen (secondary N) is 3. The lowest BCUT2D eigenvalue weighted by molar-refractivity contribution is -0.142. The Morgan fingerprint density at radius 2 is 1.22 bits per heavy atom. The number of carboxylic acids is 1. The third kappa shape index (κ3) is 8.25. The molecule has 59 heavy (non-hydrogen) atoms. The monoisotopic (exact) mass is 875 g/mol. The van der Waals surface area contributed by atoms with Gasteiger partial charge in [-0.25, -0.2) is 19.9 Å². The topological polar surface area (TPSA) is 176 Å². The maximum Gasteiger partial charge on any atom is 0.405 e. The first kappa shape index (κ1) is 39.4. The van der Waals surface area contributed by atoms with Gasteiger partial charge in [0.1, 0.15) is 40.5 Å². The number of amides is 1. The smallest absolute Gasteiger partial charge is 0.405 e. The van der Waals surface area contributed by atoms with Crippen molar-refractivity contribution in [3.8, 4) is 0 Å². The largest absolute Gasteiger partial charge is 0.481 e. The molecule has 0 fully saturated rings. The van der Waals surface area contributed by atoms with Crippen molar-refractivity contribution in [2.45, 2.75) is 67.3 Å². The Labute approximate surface area is 350 Å². The first-order valence-corrected chi connectivity index (χ1v) is 21.9. The maximum absolute atomic E-state index is 12.4. The molecule has 12 nitrogen and oxygen atoms in total. The van der Waals surface area contributed by atoms with Crippen molar-refractivity contribution >= 4 is 112 Å². The Morgan fingerprint density at radius 1 is 0.729 bits per heavy atom. The molecule has 6 heterocycles. The fourth-order valence-electron chi connectivity index (χ4n) is 7.82. The predicted molar refractivity (Wildman–Crippen MR) is 221 cm³/mol. The highest BCUT2D eigenvalue weighted by Crippen LogP contribution is 2.43. The zero-order valence-electron chi connectivity index (χ0n) is 30.8. The number of aryl methyl sites for hydroxylation is 2. The van der Waals surface area contributed by atoms with Crippen molar-refractivity contribution in [2.24, 2.45) is 11.8 Å². The Balaban J connectivity index is 0.000000154. The number of carboxylic acid groups (broad SMARTS) is 1. The zero-order valence-corrected chi connectivity index (χ0v) is 34.0. The molecule has 6 aromatic rings. The van der Waals surface area contributed by atoms with Crippen LogP contribution in [0.1, 0.15) is 44.8 Å². The van der Waals surface area contributed by atoms with Gasteiger partial charge in [-0.2, -0.15) is 13.2 Å². The van der Waals surface area contributed by atoms with E-state index in [4.69, 9.17) is 0 Å². The number of benzene rings is 2. The van der Waals surface area contributed by atoms with E-state index < -0.39 is 30.5 Å². The molecule has 0 bridgehead atoms. The molecule has 0 radical (unpaired) electrons. The zero-order chi connectivity index (χ0) is 41.0. The van der Waals surface area contributed by atoms with Crippen LogP contribution in [0.2, 0.25) is 0 Å². The number of carbonyl (C=O) groups is 4. The van der Waals surface area contributed by atoms with E-state index in [9.17, 15) is 37.5 Å². The molecule has 19 heteroatoms. The summed E-state index contributed by atoms with van der Waals surface area (Å²) in [4.78, 5) is 70.1. The summed E-state index contributed by atoms with van der Waals surface area (Å²) in [5.41, 5.74) is 5.98. The van der Waals surface area contributed by atoms with Gasteiger partial charge in [-0.15, -0.1) is 22.7 Å². The summed E-state index contributed by atoms with van der Waals surface area (Å²) in [6, 6.07) is 11.7. The fourth-order valence-corrected chi connectivity index (χ4v) is 12.2. The average molecular weight is 876 g/mol. The van der Waals surface area contributed by atoms with Crippen molar-refractivity contribution in [1.29, 1.82) is 0 Å². The van der Waals surface area contributed by atoms with Gasteiger partial charge in [0.15, 0.2) is 10.2 Å². The highest BCUT2D eigenvalue weighted by molar-refractivity contribution is 8.14. The number of aromatic nitrogens is 4. The highest BCUT2D eigenvalue weighted by atomic mass is 32.2. The van der Waals surface area contributed by atoms with Gasteiger partial charge in [-0.05, 0) is 85.0 Å². The minimum absolute atomic E-state index is 0.127. The average Bonchev–Trinajstić information content (AvgIpc) is 3.97. The molecule has 0 spiro atoms. The quantitative estimate of drug-likeness (QED) is 0.121. The second-order valence-electron chi connectivity index (χ2n) is 14.6. The fraction of sp³-hybridized carbons (Fsp3) is 0.300. The first-order chi connectivity index (χ1) is 28.3. The summed E-state index contributed by atoms with van der Waals surface area (Å²) >= 11 is 5.53. The van der Waals surface area contributed by atoms with Crippen molar-refractivity contribution in [3.63, 3.8) is 0 Å². The molecule has 302 valence electrons. The molecule has 2 aromatic carbocycles. The summed E-state index contributed by atoms with van der Waals surface area (Å²) in [5.74, 6) is -0.732. The minimum atomic E-state index is -4.42. The Bertz CT molecular complexity index is 2720. The van der Waals surface area contributed by atoms with E-state index in [2.05, 4.69) is 30.6 Å². The van der Waals surface area contributed by atoms with Crippen LogP contribution in [0.15, 0.2) is 58.8 Å². The van der Waals surface area contributed by atoms with Crippen LogP contribution in [0.4, 0.5) is 36.2 Å². The van der Waals surface area contributed by atoms with Gasteiger partial charge in [0.25, 0.3) is 0 Å². The van der Waals surface area contributed by atoms with Crippen LogP contribution in [0, 0.1) is 11.8 Å². The normalized spacial score (nSPS) is 18.1. The van der Waals surface area contributed by atoms with Gasteiger partial charge in [0, 0.05) is 49.7 Å². The number of hydrogen-bond donors (Lipinski definition) is 4. The molecule has 2 aliphatic heterocycles. The molecule has 2 atom stereocenters.